The molecule has 0 amide bonds. The number of sulfonamides is 1. The molecule has 1 aromatic carbocycles. The van der Waals surface area contributed by atoms with Gasteiger partial charge in [-0.1, -0.05) is 4.47 Å². The summed E-state index contributed by atoms with van der Waals surface area (Å²) in [5.41, 5.74) is -0.0640. The Balaban J connectivity index is 3.39. The van der Waals surface area contributed by atoms with Gasteiger partial charge in [0.1, 0.15) is 10.6 Å². The summed E-state index contributed by atoms with van der Waals surface area (Å²) in [7, 11) is -0.198. The van der Waals surface area contributed by atoms with Gasteiger partial charge in [-0.05, 0) is 18.2 Å². The van der Waals surface area contributed by atoms with Crippen LogP contribution in [-0.4, -0.2) is 45.2 Å². The van der Waals surface area contributed by atoms with E-state index in [0.717, 1.165) is 12.1 Å². The van der Waals surface area contributed by atoms with Crippen LogP contribution in [0.25, 0.3) is 0 Å². The first-order chi connectivity index (χ1) is 8.34. The summed E-state index contributed by atoms with van der Waals surface area (Å²) in [6, 6.07) is 3.48. The van der Waals surface area contributed by atoms with Crippen molar-refractivity contribution in [1.29, 1.82) is 0 Å². The minimum absolute atomic E-state index is 0.0567. The van der Waals surface area contributed by atoms with Crippen LogP contribution in [0.1, 0.15) is 10.4 Å². The number of hydroxylamine groups is 1. The molecule has 0 atom stereocenters. The first kappa shape index (κ1) is 14.4. The van der Waals surface area contributed by atoms with Gasteiger partial charge in [-0.25, -0.2) is 13.2 Å². The summed E-state index contributed by atoms with van der Waals surface area (Å²) >= 11 is 0. The van der Waals surface area contributed by atoms with E-state index in [-0.39, 0.29) is 16.2 Å². The molecule has 0 unspecified atom stereocenters. The summed E-state index contributed by atoms with van der Waals surface area (Å²) in [6.45, 7) is 0. The van der Waals surface area contributed by atoms with Gasteiger partial charge in [0.2, 0.25) is 0 Å². The average Bonchev–Trinajstić information content (AvgIpc) is 2.36. The number of aromatic carboxylic acids is 1. The molecule has 0 aromatic heterocycles. The second-order valence-electron chi connectivity index (χ2n) is 3.27. The smallest absolute Gasteiger partial charge is 0.335 e. The first-order valence-electron chi connectivity index (χ1n) is 4.79. The van der Waals surface area contributed by atoms with Crippen LogP contribution in [-0.2, 0) is 14.9 Å². The number of benzene rings is 1. The van der Waals surface area contributed by atoms with Gasteiger partial charge < -0.3 is 9.84 Å². The van der Waals surface area contributed by atoms with Crippen molar-refractivity contribution in [1.82, 2.24) is 4.47 Å². The maximum atomic E-state index is 12.0. The second-order valence-corrected chi connectivity index (χ2v) is 5.17. The largest absolute Gasteiger partial charge is 0.495 e. The Labute approximate surface area is 105 Å². The number of hydrogen-bond acceptors (Lipinski definition) is 5. The molecular weight excluding hydrogens is 262 g/mol. The van der Waals surface area contributed by atoms with Crippen molar-refractivity contribution in [3.05, 3.63) is 23.8 Å². The molecule has 1 N–H and O–H groups in total. The number of hydrogen-bond donors (Lipinski definition) is 1. The van der Waals surface area contributed by atoms with Crippen molar-refractivity contribution < 1.29 is 27.9 Å². The summed E-state index contributed by atoms with van der Waals surface area (Å²) in [4.78, 5) is 15.2. The van der Waals surface area contributed by atoms with Gasteiger partial charge in [0.25, 0.3) is 10.0 Å². The van der Waals surface area contributed by atoms with E-state index in [0.29, 0.717) is 4.47 Å². The zero-order chi connectivity index (χ0) is 13.9. The van der Waals surface area contributed by atoms with Gasteiger partial charge in [0, 0.05) is 7.05 Å². The number of carboxylic acids is 1. The molecular formula is C10H13NO6S. The number of carboxylic acid groups (broad SMARTS) is 1. The Bertz CT molecular complexity index is 553. The van der Waals surface area contributed by atoms with Gasteiger partial charge in [-0.3, -0.25) is 4.84 Å². The van der Waals surface area contributed by atoms with Gasteiger partial charge in [0.15, 0.2) is 0 Å². The van der Waals surface area contributed by atoms with E-state index in [9.17, 15) is 13.2 Å². The van der Waals surface area contributed by atoms with Crippen LogP contribution in [0.15, 0.2) is 23.1 Å². The lowest BCUT2D eigenvalue weighted by atomic mass is 10.2. The molecule has 0 bridgehead atoms. The fourth-order valence-corrected chi connectivity index (χ4v) is 2.36. The SMILES string of the molecule is COc1cc(C(=O)O)ccc1S(=O)(=O)N(C)OC. The number of rotatable bonds is 5. The molecule has 1 aromatic rings. The molecule has 0 saturated heterocycles. The highest BCUT2D eigenvalue weighted by atomic mass is 32.2. The lowest BCUT2D eigenvalue weighted by molar-refractivity contribution is -0.0259. The fraction of sp³-hybridized carbons (Fsp3) is 0.300. The van der Waals surface area contributed by atoms with E-state index < -0.39 is 16.0 Å². The fourth-order valence-electron chi connectivity index (χ4n) is 1.25. The molecule has 8 heteroatoms. The van der Waals surface area contributed by atoms with Crippen LogP contribution in [0.5, 0.6) is 5.75 Å². The molecule has 100 valence electrons. The van der Waals surface area contributed by atoms with Crippen LogP contribution in [0.4, 0.5) is 0 Å². The Kier molecular flexibility index (Phi) is 4.28. The number of carbonyl (C=O) groups is 1. The Morgan fingerprint density at radius 1 is 1.33 bits per heavy atom. The third kappa shape index (κ3) is 2.61. The molecule has 7 nitrogen and oxygen atoms in total. The van der Waals surface area contributed by atoms with Crippen LogP contribution >= 0.6 is 0 Å². The molecule has 0 aliphatic heterocycles. The third-order valence-corrected chi connectivity index (χ3v) is 4.00. The molecule has 0 fully saturated rings. The van der Waals surface area contributed by atoms with Crippen molar-refractivity contribution in [3.8, 4) is 5.75 Å². The van der Waals surface area contributed by atoms with Crippen LogP contribution < -0.4 is 4.74 Å². The zero-order valence-electron chi connectivity index (χ0n) is 10.1. The standard InChI is InChI=1S/C10H13NO6S/c1-11(17-3)18(14,15)9-5-4-7(10(12)13)6-8(9)16-2/h4-6H,1-3H3,(H,12,13). The maximum Gasteiger partial charge on any atom is 0.335 e. The van der Waals surface area contributed by atoms with E-state index >= 15 is 0 Å². The topological polar surface area (TPSA) is 93.1 Å². The monoisotopic (exact) mass is 275 g/mol. The number of nitrogens with zero attached hydrogens (tertiary/aromatic N) is 1. The number of methoxy groups -OCH3 is 1. The first-order valence-corrected chi connectivity index (χ1v) is 6.23. The van der Waals surface area contributed by atoms with Gasteiger partial charge in [-0.2, -0.15) is 0 Å². The van der Waals surface area contributed by atoms with Crippen molar-refractivity contribution >= 4 is 16.0 Å². The summed E-state index contributed by atoms with van der Waals surface area (Å²) in [5, 5.41) is 8.81. The highest BCUT2D eigenvalue weighted by Gasteiger charge is 2.25. The molecule has 18 heavy (non-hydrogen) atoms. The zero-order valence-corrected chi connectivity index (χ0v) is 10.9. The second kappa shape index (κ2) is 5.34. The van der Waals surface area contributed by atoms with E-state index in [2.05, 4.69) is 4.84 Å². The highest BCUT2D eigenvalue weighted by molar-refractivity contribution is 7.89. The van der Waals surface area contributed by atoms with Crippen LogP contribution in [0.2, 0.25) is 0 Å². The van der Waals surface area contributed by atoms with Crippen molar-refractivity contribution in [3.63, 3.8) is 0 Å². The van der Waals surface area contributed by atoms with Crippen molar-refractivity contribution in [2.24, 2.45) is 0 Å². The summed E-state index contributed by atoms with van der Waals surface area (Å²) in [6.07, 6.45) is 0. The van der Waals surface area contributed by atoms with Crippen LogP contribution in [0.3, 0.4) is 0 Å². The van der Waals surface area contributed by atoms with E-state index in [1.54, 1.807) is 0 Å². The van der Waals surface area contributed by atoms with Crippen molar-refractivity contribution in [2.75, 3.05) is 21.3 Å². The van der Waals surface area contributed by atoms with Gasteiger partial charge >= 0.3 is 5.97 Å². The third-order valence-electron chi connectivity index (χ3n) is 2.28. The summed E-state index contributed by atoms with van der Waals surface area (Å²) in [5.74, 6) is -1.23. The quantitative estimate of drug-likeness (QED) is 0.790. The maximum absolute atomic E-state index is 12.0. The molecule has 0 heterocycles. The molecule has 0 radical (unpaired) electrons. The minimum atomic E-state index is -3.88. The molecule has 0 saturated carbocycles. The van der Waals surface area contributed by atoms with E-state index in [1.165, 1.54) is 27.3 Å². The van der Waals surface area contributed by atoms with Gasteiger partial charge in [0.05, 0.1) is 19.8 Å². The summed E-state index contributed by atoms with van der Waals surface area (Å²) < 4.78 is 29.5. The molecule has 0 aliphatic carbocycles. The number of ether oxygens (including phenoxy) is 1. The van der Waals surface area contributed by atoms with Crippen LogP contribution in [0, 0.1) is 0 Å². The van der Waals surface area contributed by atoms with E-state index in [1.807, 2.05) is 0 Å². The lowest BCUT2D eigenvalue weighted by Crippen LogP contribution is -2.26. The Hall–Kier alpha value is -1.64. The molecule has 1 rings (SSSR count). The minimum Gasteiger partial charge on any atom is -0.495 e. The Morgan fingerprint density at radius 2 is 1.94 bits per heavy atom. The van der Waals surface area contributed by atoms with E-state index in [4.69, 9.17) is 9.84 Å². The Morgan fingerprint density at radius 3 is 2.39 bits per heavy atom. The van der Waals surface area contributed by atoms with Crippen molar-refractivity contribution in [2.45, 2.75) is 4.90 Å². The predicted octanol–water partition coefficient (Wildman–Crippen LogP) is 0.575. The van der Waals surface area contributed by atoms with Gasteiger partial charge in [-0.15, -0.1) is 0 Å². The molecule has 0 aliphatic rings. The lowest BCUT2D eigenvalue weighted by Gasteiger charge is -2.16. The normalized spacial score (nSPS) is 11.6. The predicted molar refractivity (Wildman–Crippen MR) is 61.9 cm³/mol. The average molecular weight is 275 g/mol. The highest BCUT2D eigenvalue weighted by Crippen LogP contribution is 2.27. The molecule has 0 spiro atoms.